The van der Waals surface area contributed by atoms with Crippen molar-refractivity contribution >= 4 is 89.7 Å². The number of thiophene rings is 1. The maximum absolute atomic E-state index is 13.5. The number of hydrogen-bond donors (Lipinski definition) is 0. The number of rotatable bonds is 6. The smallest absolute Gasteiger partial charge is 0.166 e. The topological polar surface area (TPSA) is 0 Å². The lowest BCUT2D eigenvalue weighted by Crippen LogP contribution is -2.26. The number of aryl methyl sites for hydroxylation is 2. The van der Waals surface area contributed by atoms with Gasteiger partial charge < -0.3 is 0 Å². The van der Waals surface area contributed by atoms with E-state index in [9.17, 15) is 26.3 Å². The fourth-order valence-electron chi connectivity index (χ4n) is 6.53. The van der Waals surface area contributed by atoms with Gasteiger partial charge in [0, 0.05) is 20.2 Å². The molecule has 0 spiro atoms. The molecule has 0 amide bonds. The Kier molecular flexibility index (Phi) is 8.78. The molecule has 0 bridgehead atoms. The van der Waals surface area contributed by atoms with Crippen LogP contribution in [0.15, 0.2) is 133 Å². The van der Waals surface area contributed by atoms with Gasteiger partial charge in [-0.15, -0.1) is 11.3 Å². The molecule has 0 atom stereocenters. The third-order valence-electron chi connectivity index (χ3n) is 9.54. The molecule has 0 nitrogen and oxygen atoms in total. The van der Waals surface area contributed by atoms with Crippen molar-refractivity contribution in [3.63, 3.8) is 0 Å². The van der Waals surface area contributed by atoms with Gasteiger partial charge in [0.15, 0.2) is 0 Å². The van der Waals surface area contributed by atoms with Gasteiger partial charge in [-0.1, -0.05) is 121 Å². The summed E-state index contributed by atoms with van der Waals surface area (Å²) in [5.74, 6) is 0. The van der Waals surface area contributed by atoms with E-state index in [-0.39, 0.29) is 0 Å². The Bertz CT molecular complexity index is 2380. The summed E-state index contributed by atoms with van der Waals surface area (Å²) < 4.78 is 83.1. The van der Waals surface area contributed by atoms with E-state index >= 15 is 0 Å². The molecule has 0 radical (unpaired) electrons. The molecule has 0 saturated carbocycles. The Labute approximate surface area is 297 Å². The van der Waals surface area contributed by atoms with Crippen LogP contribution in [-0.2, 0) is 12.4 Å². The zero-order chi connectivity index (χ0) is 36.3. The molecule has 0 saturated heterocycles. The zero-order valence-corrected chi connectivity index (χ0v) is 30.3. The normalized spacial score (nSPS) is 12.9. The van der Waals surface area contributed by atoms with Gasteiger partial charge in [-0.05, 0) is 95.8 Å². The first-order valence-corrected chi connectivity index (χ1v) is 20.8. The van der Waals surface area contributed by atoms with E-state index in [0.29, 0.717) is 10.6 Å². The molecule has 0 aliphatic carbocycles. The van der Waals surface area contributed by atoms with Crippen LogP contribution in [0, 0.1) is 13.8 Å². The summed E-state index contributed by atoms with van der Waals surface area (Å²) in [6, 6.07) is 39.2. The van der Waals surface area contributed by atoms with Crippen LogP contribution in [0.4, 0.5) is 26.3 Å². The summed E-state index contributed by atoms with van der Waals surface area (Å²) in [5, 5.41) is 7.33. The van der Waals surface area contributed by atoms with Crippen LogP contribution < -0.4 is 31.8 Å². The minimum Gasteiger partial charge on any atom is -0.166 e. The van der Waals surface area contributed by atoms with Crippen molar-refractivity contribution in [3.05, 3.63) is 156 Å². The first-order chi connectivity index (χ1) is 24.1. The Morgan fingerprint density at radius 2 is 0.686 bits per heavy atom. The van der Waals surface area contributed by atoms with Crippen molar-refractivity contribution in [2.75, 3.05) is 0 Å². The highest BCUT2D eigenvalue weighted by molar-refractivity contribution is 7.94. The van der Waals surface area contributed by atoms with Crippen molar-refractivity contribution in [2.45, 2.75) is 26.2 Å². The summed E-state index contributed by atoms with van der Waals surface area (Å²) in [6.07, 6.45) is 0.466. The molecular weight excluding hydrogens is 712 g/mol. The summed E-state index contributed by atoms with van der Waals surface area (Å²) >= 11 is 1.60. The predicted octanol–water partition coefficient (Wildman–Crippen LogP) is 10.2. The first kappa shape index (κ1) is 35.1. The molecule has 1 heterocycles. The highest BCUT2D eigenvalue weighted by atomic mass is 32.1. The van der Waals surface area contributed by atoms with Crippen LogP contribution in [0.5, 0.6) is 0 Å². The molecule has 0 aliphatic heterocycles. The second-order valence-corrected chi connectivity index (χ2v) is 20.3. The van der Waals surface area contributed by atoms with Crippen LogP contribution in [0.3, 0.4) is 0 Å². The zero-order valence-electron chi connectivity index (χ0n) is 27.7. The first-order valence-electron chi connectivity index (χ1n) is 16.0. The largest absolute Gasteiger partial charge is 0.416 e. The van der Waals surface area contributed by atoms with E-state index in [0.717, 1.165) is 55.0 Å². The highest BCUT2D eigenvalue weighted by Gasteiger charge is 2.33. The van der Waals surface area contributed by atoms with Crippen LogP contribution in [0.2, 0.25) is 0 Å². The van der Waals surface area contributed by atoms with E-state index < -0.39 is 37.3 Å². The highest BCUT2D eigenvalue weighted by Crippen LogP contribution is 2.47. The van der Waals surface area contributed by atoms with Crippen LogP contribution in [0.1, 0.15) is 22.3 Å². The molecule has 6 aromatic carbocycles. The third-order valence-corrected chi connectivity index (χ3v) is 17.7. The standard InChI is InChI=1S/C42H32F6P2S/c1-27-5-13-31(14-6-27)49(3,32-15-7-28(2)8-16-32)35-21-23-37-38-24-22-36(26-40(38)51-39(37)25-35)50(4,33-17-9-29(10-18-33)41(43,44)45)34-19-11-30(12-20-34)42(46,47)48/h5-26H,3-4H2,1-2H3. The van der Waals surface area contributed by atoms with E-state index in [1.54, 1.807) is 11.3 Å². The third kappa shape index (κ3) is 6.31. The van der Waals surface area contributed by atoms with Crippen LogP contribution in [0.25, 0.3) is 20.2 Å². The average molecular weight is 745 g/mol. The maximum Gasteiger partial charge on any atom is 0.416 e. The quantitative estimate of drug-likeness (QED) is 0.118. The fourth-order valence-corrected chi connectivity index (χ4v) is 13.7. The molecule has 258 valence electrons. The summed E-state index contributed by atoms with van der Waals surface area (Å²) in [4.78, 5) is 0. The average Bonchev–Trinajstić information content (AvgIpc) is 3.48. The molecule has 7 aromatic rings. The summed E-state index contributed by atoms with van der Waals surface area (Å²) in [6.45, 7) is -1.07. The summed E-state index contributed by atoms with van der Waals surface area (Å²) in [7, 11) is 0. The second-order valence-electron chi connectivity index (χ2n) is 12.8. The molecular formula is C42H32F6P2S. The predicted molar refractivity (Wildman–Crippen MR) is 210 cm³/mol. The van der Waals surface area contributed by atoms with Gasteiger partial charge in [-0.3, -0.25) is 0 Å². The molecule has 0 aliphatic rings. The van der Waals surface area contributed by atoms with E-state index in [1.165, 1.54) is 46.0 Å². The van der Waals surface area contributed by atoms with Crippen molar-refractivity contribution < 1.29 is 26.3 Å². The number of halogens is 6. The van der Waals surface area contributed by atoms with Crippen molar-refractivity contribution in [1.82, 2.24) is 0 Å². The Morgan fingerprint density at radius 3 is 0.980 bits per heavy atom. The molecule has 0 fully saturated rings. The molecule has 0 unspecified atom stereocenters. The Hall–Kier alpha value is -4.28. The Morgan fingerprint density at radius 1 is 0.412 bits per heavy atom. The lowest BCUT2D eigenvalue weighted by Gasteiger charge is -2.27. The van der Waals surface area contributed by atoms with E-state index in [2.05, 4.69) is 86.9 Å². The van der Waals surface area contributed by atoms with Gasteiger partial charge >= 0.3 is 12.4 Å². The van der Waals surface area contributed by atoms with E-state index in [4.69, 9.17) is 6.30 Å². The second kappa shape index (κ2) is 12.7. The maximum atomic E-state index is 13.5. The van der Waals surface area contributed by atoms with E-state index in [1.807, 2.05) is 18.2 Å². The number of alkyl halides is 6. The van der Waals surface area contributed by atoms with Crippen LogP contribution >= 0.6 is 25.1 Å². The van der Waals surface area contributed by atoms with Gasteiger partial charge in [0.25, 0.3) is 0 Å². The number of fused-ring (bicyclic) bond motifs is 3. The lowest BCUT2D eigenvalue weighted by molar-refractivity contribution is -0.138. The van der Waals surface area contributed by atoms with Crippen molar-refractivity contribution in [1.29, 1.82) is 0 Å². The molecule has 1 aromatic heterocycles. The summed E-state index contributed by atoms with van der Waals surface area (Å²) in [5.41, 5.74) is 0.729. The van der Waals surface area contributed by atoms with Gasteiger partial charge in [0.1, 0.15) is 0 Å². The van der Waals surface area contributed by atoms with Gasteiger partial charge in [0.2, 0.25) is 0 Å². The van der Waals surface area contributed by atoms with Gasteiger partial charge in [-0.25, -0.2) is 0 Å². The van der Waals surface area contributed by atoms with Gasteiger partial charge in [0.05, 0.1) is 11.1 Å². The lowest BCUT2D eigenvalue weighted by atomic mass is 10.1. The molecule has 7 rings (SSSR count). The fraction of sp³-hybridized carbons (Fsp3) is 0.0952. The number of benzene rings is 6. The van der Waals surface area contributed by atoms with Gasteiger partial charge in [-0.2, -0.15) is 26.3 Å². The minimum absolute atomic E-state index is 0.529. The Balaban J connectivity index is 1.39. The molecule has 51 heavy (non-hydrogen) atoms. The molecule has 0 N–H and O–H groups in total. The SMILES string of the molecule is C=P(c1ccc(C)cc1)(c1ccc(C)cc1)c1ccc2c(c1)sc1cc(P(=C)(c3ccc(C(F)(F)F)cc3)c3ccc(C(F)(F)F)cc3)ccc12. The molecule has 9 heteroatoms. The monoisotopic (exact) mass is 744 g/mol. The number of hydrogen-bond acceptors (Lipinski definition) is 1. The van der Waals surface area contributed by atoms with Crippen molar-refractivity contribution in [2.24, 2.45) is 0 Å². The van der Waals surface area contributed by atoms with Crippen LogP contribution in [-0.4, -0.2) is 12.6 Å². The van der Waals surface area contributed by atoms with Crippen molar-refractivity contribution in [3.8, 4) is 0 Å². The minimum atomic E-state index is -4.53.